The molecule has 0 bridgehead atoms. The molecule has 30 heavy (non-hydrogen) atoms. The Kier molecular flexibility index (Phi) is 4.99. The molecule has 0 saturated heterocycles. The van der Waals surface area contributed by atoms with Crippen LogP contribution in [0.15, 0.2) is 59.4 Å². The average molecular weight is 401 g/mol. The van der Waals surface area contributed by atoms with E-state index in [9.17, 15) is 9.59 Å². The van der Waals surface area contributed by atoms with Crippen molar-refractivity contribution in [3.63, 3.8) is 0 Å². The second-order valence-corrected chi connectivity index (χ2v) is 7.47. The number of H-pyrrole nitrogens is 1. The number of carbonyl (C=O) groups excluding carboxylic acids is 1. The number of para-hydroxylation sites is 1. The summed E-state index contributed by atoms with van der Waals surface area (Å²) in [6.07, 6.45) is -0.697. The standard InChI is InChI=1S/C24H23N3O3/c1-14-9-11-18(12-10-14)27-15(2)13-20(16(27)3)24(29)30-17(4)22-25-21-8-6-5-7-19(21)23(28)26-22/h5-13,17H,1-4H3,(H,25,26,28)/t17-/m1/s1. The highest BCUT2D eigenvalue weighted by atomic mass is 16.5. The molecule has 0 radical (unpaired) electrons. The largest absolute Gasteiger partial charge is 0.451 e. The van der Waals surface area contributed by atoms with Crippen molar-refractivity contribution in [3.8, 4) is 5.69 Å². The highest BCUT2D eigenvalue weighted by molar-refractivity contribution is 5.91. The maximum absolute atomic E-state index is 12.9. The summed E-state index contributed by atoms with van der Waals surface area (Å²) < 4.78 is 7.67. The summed E-state index contributed by atoms with van der Waals surface area (Å²) in [5.41, 5.74) is 4.70. The average Bonchev–Trinajstić information content (AvgIpc) is 3.03. The quantitative estimate of drug-likeness (QED) is 0.509. The maximum Gasteiger partial charge on any atom is 0.340 e. The van der Waals surface area contributed by atoms with Crippen LogP contribution in [0.5, 0.6) is 0 Å². The van der Waals surface area contributed by atoms with Gasteiger partial charge in [0, 0.05) is 17.1 Å². The fraction of sp³-hybridized carbons (Fsp3) is 0.208. The first-order valence-electron chi connectivity index (χ1n) is 9.81. The molecule has 0 amide bonds. The molecule has 4 aromatic rings. The normalized spacial score (nSPS) is 12.1. The van der Waals surface area contributed by atoms with Crippen molar-refractivity contribution >= 4 is 16.9 Å². The molecule has 6 nitrogen and oxygen atoms in total. The number of carbonyl (C=O) groups is 1. The summed E-state index contributed by atoms with van der Waals surface area (Å²) in [5.74, 6) is -0.135. The molecular weight excluding hydrogens is 378 g/mol. The van der Waals surface area contributed by atoms with Crippen LogP contribution >= 0.6 is 0 Å². The minimum absolute atomic E-state index is 0.254. The van der Waals surface area contributed by atoms with Crippen molar-refractivity contribution in [1.82, 2.24) is 14.5 Å². The van der Waals surface area contributed by atoms with E-state index in [1.165, 1.54) is 5.56 Å². The Balaban J connectivity index is 1.62. The minimum Gasteiger partial charge on any atom is -0.451 e. The van der Waals surface area contributed by atoms with E-state index in [2.05, 4.69) is 9.97 Å². The van der Waals surface area contributed by atoms with Crippen molar-refractivity contribution < 1.29 is 9.53 Å². The molecule has 0 aliphatic carbocycles. The molecule has 0 unspecified atom stereocenters. The second kappa shape index (κ2) is 7.63. The molecule has 0 aliphatic rings. The zero-order chi connectivity index (χ0) is 21.4. The van der Waals surface area contributed by atoms with Crippen LogP contribution in [0.4, 0.5) is 0 Å². The zero-order valence-electron chi connectivity index (χ0n) is 17.4. The molecule has 0 aliphatic heterocycles. The van der Waals surface area contributed by atoms with Crippen LogP contribution < -0.4 is 5.56 Å². The first-order chi connectivity index (χ1) is 14.3. The number of rotatable bonds is 4. The SMILES string of the molecule is Cc1ccc(-n2c(C)cc(C(=O)O[C@H](C)c3nc4ccccc4c(=O)[nH]3)c2C)cc1. The first kappa shape index (κ1) is 19.6. The minimum atomic E-state index is -0.697. The van der Waals surface area contributed by atoms with Gasteiger partial charge in [0.25, 0.3) is 5.56 Å². The molecular formula is C24H23N3O3. The van der Waals surface area contributed by atoms with Crippen LogP contribution in [-0.4, -0.2) is 20.5 Å². The third kappa shape index (κ3) is 3.52. The van der Waals surface area contributed by atoms with Gasteiger partial charge in [0.15, 0.2) is 11.9 Å². The van der Waals surface area contributed by atoms with Gasteiger partial charge < -0.3 is 14.3 Å². The summed E-state index contributed by atoms with van der Waals surface area (Å²) >= 11 is 0. The fourth-order valence-corrected chi connectivity index (χ4v) is 3.64. The Morgan fingerprint density at radius 2 is 1.77 bits per heavy atom. The lowest BCUT2D eigenvalue weighted by atomic mass is 10.2. The molecule has 152 valence electrons. The molecule has 0 saturated carbocycles. The van der Waals surface area contributed by atoms with Crippen LogP contribution in [0, 0.1) is 20.8 Å². The van der Waals surface area contributed by atoms with E-state index in [0.717, 1.165) is 17.1 Å². The third-order valence-electron chi connectivity index (χ3n) is 5.24. The van der Waals surface area contributed by atoms with Crippen LogP contribution in [0.1, 0.15) is 46.2 Å². The Labute approximate surface area is 174 Å². The lowest BCUT2D eigenvalue weighted by molar-refractivity contribution is 0.0319. The van der Waals surface area contributed by atoms with Crippen molar-refractivity contribution in [2.45, 2.75) is 33.8 Å². The van der Waals surface area contributed by atoms with Gasteiger partial charge in [-0.3, -0.25) is 4.79 Å². The van der Waals surface area contributed by atoms with Crippen molar-refractivity contribution in [2.24, 2.45) is 0 Å². The van der Waals surface area contributed by atoms with Gasteiger partial charge in [-0.2, -0.15) is 0 Å². The van der Waals surface area contributed by atoms with E-state index in [4.69, 9.17) is 4.74 Å². The number of hydrogen-bond acceptors (Lipinski definition) is 4. The predicted molar refractivity (Wildman–Crippen MR) is 116 cm³/mol. The number of hydrogen-bond donors (Lipinski definition) is 1. The number of esters is 1. The highest BCUT2D eigenvalue weighted by Gasteiger charge is 2.22. The number of aromatic amines is 1. The number of benzene rings is 2. The zero-order valence-corrected chi connectivity index (χ0v) is 17.4. The molecule has 6 heteroatoms. The van der Waals surface area contributed by atoms with Crippen LogP contribution in [0.25, 0.3) is 16.6 Å². The summed E-state index contributed by atoms with van der Waals surface area (Å²) in [4.78, 5) is 32.4. The Hall–Kier alpha value is -3.67. The van der Waals surface area contributed by atoms with Crippen molar-refractivity contribution in [2.75, 3.05) is 0 Å². The second-order valence-electron chi connectivity index (χ2n) is 7.47. The monoisotopic (exact) mass is 401 g/mol. The van der Waals surface area contributed by atoms with Gasteiger partial charge in [-0.1, -0.05) is 29.8 Å². The Bertz CT molecular complexity index is 1300. The van der Waals surface area contributed by atoms with Gasteiger partial charge in [-0.15, -0.1) is 0 Å². The lowest BCUT2D eigenvalue weighted by Gasteiger charge is -2.14. The summed E-state index contributed by atoms with van der Waals surface area (Å²) in [7, 11) is 0. The number of nitrogens with zero attached hydrogens (tertiary/aromatic N) is 2. The van der Waals surface area contributed by atoms with E-state index in [0.29, 0.717) is 22.3 Å². The number of nitrogens with one attached hydrogen (secondary N) is 1. The molecule has 1 atom stereocenters. The summed E-state index contributed by atoms with van der Waals surface area (Å²) in [5, 5.41) is 0.501. The lowest BCUT2D eigenvalue weighted by Crippen LogP contribution is -2.17. The van der Waals surface area contributed by atoms with Gasteiger partial charge in [-0.25, -0.2) is 9.78 Å². The van der Waals surface area contributed by atoms with E-state index in [1.807, 2.05) is 61.7 Å². The molecule has 2 aromatic carbocycles. The Morgan fingerprint density at radius 3 is 2.50 bits per heavy atom. The van der Waals surface area contributed by atoms with Gasteiger partial charge in [0.2, 0.25) is 0 Å². The number of aromatic nitrogens is 3. The van der Waals surface area contributed by atoms with E-state index in [1.54, 1.807) is 25.1 Å². The predicted octanol–water partition coefficient (Wildman–Crippen LogP) is 4.56. The first-order valence-corrected chi connectivity index (χ1v) is 9.81. The van der Waals surface area contributed by atoms with Crippen LogP contribution in [0.3, 0.4) is 0 Å². The van der Waals surface area contributed by atoms with Crippen molar-refractivity contribution in [1.29, 1.82) is 0 Å². The van der Waals surface area contributed by atoms with Gasteiger partial charge >= 0.3 is 5.97 Å². The Morgan fingerprint density at radius 1 is 1.07 bits per heavy atom. The van der Waals surface area contributed by atoms with Gasteiger partial charge in [0.05, 0.1) is 16.5 Å². The number of ether oxygens (including phenoxy) is 1. The number of aryl methyl sites for hydroxylation is 2. The molecule has 0 spiro atoms. The molecule has 0 fully saturated rings. The summed E-state index contributed by atoms with van der Waals surface area (Å²) in [6, 6.07) is 17.0. The topological polar surface area (TPSA) is 77.0 Å². The summed E-state index contributed by atoms with van der Waals surface area (Å²) in [6.45, 7) is 7.58. The molecule has 4 rings (SSSR count). The smallest absolute Gasteiger partial charge is 0.340 e. The maximum atomic E-state index is 12.9. The highest BCUT2D eigenvalue weighted by Crippen LogP contribution is 2.24. The van der Waals surface area contributed by atoms with Gasteiger partial charge in [0.1, 0.15) is 0 Å². The van der Waals surface area contributed by atoms with Gasteiger partial charge in [-0.05, 0) is 58.0 Å². The molecule has 1 N–H and O–H groups in total. The van der Waals surface area contributed by atoms with Crippen molar-refractivity contribution in [3.05, 3.63) is 93.3 Å². The fourth-order valence-electron chi connectivity index (χ4n) is 3.64. The molecule has 2 heterocycles. The third-order valence-corrected chi connectivity index (χ3v) is 5.24. The van der Waals surface area contributed by atoms with E-state index >= 15 is 0 Å². The molecule has 2 aromatic heterocycles. The van der Waals surface area contributed by atoms with E-state index in [-0.39, 0.29) is 5.56 Å². The van der Waals surface area contributed by atoms with Crippen LogP contribution in [0.2, 0.25) is 0 Å². The van der Waals surface area contributed by atoms with Crippen LogP contribution in [-0.2, 0) is 4.74 Å². The number of fused-ring (bicyclic) bond motifs is 1. The van der Waals surface area contributed by atoms with E-state index < -0.39 is 12.1 Å².